The van der Waals surface area contributed by atoms with Gasteiger partial charge in [-0.3, -0.25) is 4.79 Å². The van der Waals surface area contributed by atoms with Gasteiger partial charge in [0.2, 0.25) is 11.2 Å². The van der Waals surface area contributed by atoms with Gasteiger partial charge in [-0.15, -0.1) is 0 Å². The first-order chi connectivity index (χ1) is 17.3. The van der Waals surface area contributed by atoms with E-state index in [2.05, 4.69) is 5.32 Å². The van der Waals surface area contributed by atoms with E-state index in [1.54, 1.807) is 4.31 Å². The Morgan fingerprint density at radius 3 is 2.28 bits per heavy atom. The van der Waals surface area contributed by atoms with E-state index in [1.807, 2.05) is 37.3 Å². The standard InChI is InChI=1S/C26H26FN3O5S/c1-18(19-5-3-2-4-6-19)28-25(31)20-15-21(26(32)33)17-24(16-20)30(23-9-7-22(27)8-10-23)36(34)29-11-13-35-14-12-29/h2-10,15-18H,11-14H2,1H3,(H,28,31)(H,32,33)/t18-,36?/m1/s1. The highest BCUT2D eigenvalue weighted by molar-refractivity contribution is 7.84. The van der Waals surface area contributed by atoms with Crippen molar-refractivity contribution >= 4 is 34.4 Å². The Morgan fingerprint density at radius 2 is 1.64 bits per heavy atom. The molecule has 0 aliphatic carbocycles. The number of aromatic carboxylic acids is 1. The average molecular weight is 512 g/mol. The first kappa shape index (κ1) is 25.5. The Kier molecular flexibility index (Phi) is 8.09. The third-order valence-electron chi connectivity index (χ3n) is 5.72. The van der Waals surface area contributed by atoms with Crippen molar-refractivity contribution in [2.45, 2.75) is 13.0 Å². The van der Waals surface area contributed by atoms with Gasteiger partial charge in [0.05, 0.1) is 36.2 Å². The third-order valence-corrected chi connectivity index (χ3v) is 7.26. The molecule has 0 saturated carbocycles. The predicted molar refractivity (Wildman–Crippen MR) is 135 cm³/mol. The summed E-state index contributed by atoms with van der Waals surface area (Å²) in [5.41, 5.74) is 1.45. The zero-order valence-electron chi connectivity index (χ0n) is 19.6. The van der Waals surface area contributed by atoms with Crippen LogP contribution in [0.2, 0.25) is 0 Å². The first-order valence-corrected chi connectivity index (χ1v) is 12.4. The maximum Gasteiger partial charge on any atom is 0.335 e. The molecule has 1 aliphatic heterocycles. The molecule has 0 spiro atoms. The fourth-order valence-electron chi connectivity index (χ4n) is 3.81. The molecule has 8 nitrogen and oxygen atoms in total. The quantitative estimate of drug-likeness (QED) is 0.475. The number of nitrogens with one attached hydrogen (secondary N) is 1. The van der Waals surface area contributed by atoms with E-state index in [1.165, 1.54) is 46.8 Å². The minimum absolute atomic E-state index is 0.0961. The second-order valence-electron chi connectivity index (χ2n) is 8.22. The van der Waals surface area contributed by atoms with Crippen molar-refractivity contribution in [2.24, 2.45) is 0 Å². The normalized spacial score (nSPS) is 15.6. The van der Waals surface area contributed by atoms with Crippen molar-refractivity contribution in [3.8, 4) is 0 Å². The number of nitrogens with zero attached hydrogens (tertiary/aromatic N) is 2. The molecule has 1 fully saturated rings. The molecule has 1 saturated heterocycles. The summed E-state index contributed by atoms with van der Waals surface area (Å²) in [4.78, 5) is 25.1. The molecule has 1 unspecified atom stereocenters. The van der Waals surface area contributed by atoms with Gasteiger partial charge < -0.3 is 15.2 Å². The maximum atomic E-state index is 13.7. The summed E-state index contributed by atoms with van der Waals surface area (Å²) in [6.07, 6.45) is 0. The van der Waals surface area contributed by atoms with Gasteiger partial charge in [-0.1, -0.05) is 30.3 Å². The first-order valence-electron chi connectivity index (χ1n) is 11.4. The maximum absolute atomic E-state index is 13.7. The van der Waals surface area contributed by atoms with Gasteiger partial charge in [-0.25, -0.2) is 22.0 Å². The Balaban J connectivity index is 1.73. The Morgan fingerprint density at radius 1 is 1.00 bits per heavy atom. The number of benzene rings is 3. The van der Waals surface area contributed by atoms with Crippen LogP contribution in [0, 0.1) is 5.82 Å². The third kappa shape index (κ3) is 5.96. The van der Waals surface area contributed by atoms with Crippen LogP contribution in [0.3, 0.4) is 0 Å². The van der Waals surface area contributed by atoms with E-state index < -0.39 is 28.9 Å². The molecule has 4 rings (SSSR count). The van der Waals surface area contributed by atoms with Crippen molar-refractivity contribution in [3.05, 3.63) is 95.3 Å². The molecule has 1 heterocycles. The number of hydrogen-bond acceptors (Lipinski definition) is 4. The SMILES string of the molecule is C[C@@H](NC(=O)c1cc(C(=O)O)cc(N(c2ccc(F)cc2)S(=O)N2CCOCC2)c1)c1ccccc1. The van der Waals surface area contributed by atoms with Gasteiger partial charge in [0.15, 0.2) is 0 Å². The van der Waals surface area contributed by atoms with Crippen LogP contribution < -0.4 is 9.62 Å². The molecular weight excluding hydrogens is 485 g/mol. The van der Waals surface area contributed by atoms with Crippen LogP contribution in [0.15, 0.2) is 72.8 Å². The molecule has 10 heteroatoms. The van der Waals surface area contributed by atoms with Crippen molar-refractivity contribution in [3.63, 3.8) is 0 Å². The number of halogens is 1. The number of anilines is 2. The summed E-state index contributed by atoms with van der Waals surface area (Å²) in [5, 5.41) is 12.6. The second-order valence-corrected chi connectivity index (χ2v) is 9.57. The fraction of sp³-hybridized carbons (Fsp3) is 0.231. The minimum Gasteiger partial charge on any atom is -0.478 e. The lowest BCUT2D eigenvalue weighted by molar-refractivity contribution is 0.0697. The number of carboxylic acids is 1. The number of carbonyl (C=O) groups is 2. The second kappa shape index (κ2) is 11.4. The number of morpholine rings is 1. The van der Waals surface area contributed by atoms with Crippen molar-refractivity contribution in [2.75, 3.05) is 30.6 Å². The molecule has 0 bridgehead atoms. The molecular formula is C26H26FN3O5S. The molecule has 0 aromatic heterocycles. The smallest absolute Gasteiger partial charge is 0.335 e. The van der Waals surface area contributed by atoms with Crippen molar-refractivity contribution in [1.82, 2.24) is 9.62 Å². The van der Waals surface area contributed by atoms with E-state index in [0.29, 0.717) is 32.0 Å². The Bertz CT molecular complexity index is 1250. The number of carbonyl (C=O) groups excluding carboxylic acids is 1. The molecule has 3 aromatic rings. The Hall–Kier alpha value is -3.60. The number of hydrogen-bond donors (Lipinski definition) is 2. The van der Waals surface area contributed by atoms with Crippen LogP contribution in [0.25, 0.3) is 0 Å². The summed E-state index contributed by atoms with van der Waals surface area (Å²) in [6.45, 7) is 3.40. The van der Waals surface area contributed by atoms with Crippen LogP contribution in [0.4, 0.5) is 15.8 Å². The van der Waals surface area contributed by atoms with Gasteiger partial charge in [-0.2, -0.15) is 0 Å². The predicted octanol–water partition coefficient (Wildman–Crippen LogP) is 4.06. The lowest BCUT2D eigenvalue weighted by Gasteiger charge is -2.32. The van der Waals surface area contributed by atoms with E-state index in [9.17, 15) is 23.3 Å². The monoisotopic (exact) mass is 511 g/mol. The van der Waals surface area contributed by atoms with Crippen LogP contribution in [0.1, 0.15) is 39.2 Å². The van der Waals surface area contributed by atoms with Crippen molar-refractivity contribution < 1.29 is 28.0 Å². The fourth-order valence-corrected chi connectivity index (χ4v) is 5.09. The van der Waals surface area contributed by atoms with Gasteiger partial charge in [0.25, 0.3) is 5.91 Å². The largest absolute Gasteiger partial charge is 0.478 e. The molecule has 1 amide bonds. The van der Waals surface area contributed by atoms with Gasteiger partial charge in [-0.05, 0) is 55.0 Å². The molecule has 188 valence electrons. The summed E-state index contributed by atoms with van der Waals surface area (Å²) in [6, 6.07) is 18.5. The highest BCUT2D eigenvalue weighted by atomic mass is 32.2. The number of ether oxygens (including phenoxy) is 1. The average Bonchev–Trinajstić information content (AvgIpc) is 2.90. The molecule has 36 heavy (non-hydrogen) atoms. The lowest BCUT2D eigenvalue weighted by Crippen LogP contribution is -2.43. The van der Waals surface area contributed by atoms with E-state index in [-0.39, 0.29) is 22.9 Å². The van der Waals surface area contributed by atoms with E-state index in [4.69, 9.17) is 4.74 Å². The van der Waals surface area contributed by atoms with Gasteiger partial charge in [0, 0.05) is 18.7 Å². The summed E-state index contributed by atoms with van der Waals surface area (Å²) in [7, 11) is 0. The lowest BCUT2D eigenvalue weighted by atomic mass is 10.1. The van der Waals surface area contributed by atoms with Crippen LogP contribution in [0.5, 0.6) is 0 Å². The molecule has 0 radical (unpaired) electrons. The number of amides is 1. The van der Waals surface area contributed by atoms with Crippen molar-refractivity contribution in [1.29, 1.82) is 0 Å². The highest BCUT2D eigenvalue weighted by Crippen LogP contribution is 2.31. The zero-order chi connectivity index (χ0) is 25.7. The zero-order valence-corrected chi connectivity index (χ0v) is 20.4. The van der Waals surface area contributed by atoms with Gasteiger partial charge in [0.1, 0.15) is 5.82 Å². The minimum atomic E-state index is -1.80. The summed E-state index contributed by atoms with van der Waals surface area (Å²) < 4.78 is 35.8. The molecule has 2 atom stereocenters. The van der Waals surface area contributed by atoms with E-state index >= 15 is 0 Å². The van der Waals surface area contributed by atoms with E-state index in [0.717, 1.165) is 5.56 Å². The molecule has 1 aliphatic rings. The van der Waals surface area contributed by atoms with Crippen LogP contribution in [-0.2, 0) is 15.9 Å². The Labute approximate surface area is 211 Å². The summed E-state index contributed by atoms with van der Waals surface area (Å²) >= 11 is -1.80. The topological polar surface area (TPSA) is 99.2 Å². The number of carboxylic acid groups (broad SMARTS) is 1. The van der Waals surface area contributed by atoms with Gasteiger partial charge >= 0.3 is 5.97 Å². The molecule has 2 N–H and O–H groups in total. The van der Waals surface area contributed by atoms with Crippen LogP contribution >= 0.6 is 0 Å². The summed E-state index contributed by atoms with van der Waals surface area (Å²) in [5.74, 6) is -2.18. The highest BCUT2D eigenvalue weighted by Gasteiger charge is 2.27. The van der Waals surface area contributed by atoms with Crippen LogP contribution in [-0.4, -0.2) is 51.8 Å². The molecule has 3 aromatic carbocycles. The number of rotatable bonds is 8.